The van der Waals surface area contributed by atoms with Crippen LogP contribution in [-0.2, 0) is 4.79 Å². The van der Waals surface area contributed by atoms with Crippen molar-refractivity contribution in [1.82, 2.24) is 14.9 Å². The molecular weight excluding hydrogens is 324 g/mol. The van der Waals surface area contributed by atoms with Crippen LogP contribution in [0.15, 0.2) is 42.6 Å². The van der Waals surface area contributed by atoms with Gasteiger partial charge in [0.2, 0.25) is 0 Å². The number of aromatic nitrogens is 2. The second kappa shape index (κ2) is 9.82. The predicted molar refractivity (Wildman–Crippen MR) is 110 cm³/mol. The van der Waals surface area contributed by atoms with Crippen molar-refractivity contribution in [2.45, 2.75) is 45.7 Å². The number of ketones is 1. The van der Waals surface area contributed by atoms with Gasteiger partial charge < -0.3 is 4.98 Å². The molecule has 1 saturated heterocycles. The summed E-state index contributed by atoms with van der Waals surface area (Å²) in [6.07, 6.45) is 5.78. The molecule has 0 aliphatic carbocycles. The van der Waals surface area contributed by atoms with Crippen LogP contribution in [0.3, 0.4) is 0 Å². The van der Waals surface area contributed by atoms with Crippen molar-refractivity contribution in [1.29, 1.82) is 0 Å². The summed E-state index contributed by atoms with van der Waals surface area (Å²) in [6, 6.07) is -0.296. The van der Waals surface area contributed by atoms with Crippen LogP contribution in [0, 0.1) is 0 Å². The van der Waals surface area contributed by atoms with Gasteiger partial charge in [0, 0.05) is 19.0 Å². The standard InChI is InChI=1S/C19H24N4O.C2H6/c1-7-9-15-13(5)21-19(22-15)17-11-14(24)10-16(23(17)6)18(12(3)4)20-8-2;1-2/h7-9,16-17H,1-3,5,10-11H2,4,6H3,(H,21,22);1-2H3/b15-9+,20-18?;. The van der Waals surface area contributed by atoms with E-state index in [0.717, 1.165) is 22.5 Å². The van der Waals surface area contributed by atoms with Crippen LogP contribution in [0.25, 0.3) is 12.7 Å². The number of nitrogens with zero attached hydrogens (tertiary/aromatic N) is 3. The molecule has 140 valence electrons. The van der Waals surface area contributed by atoms with Crippen molar-refractivity contribution in [3.05, 3.63) is 54.1 Å². The molecule has 0 amide bonds. The number of Topliss-reactive ketones (excluding diaryl/α,β-unsaturated/α-hetero) is 1. The van der Waals surface area contributed by atoms with Gasteiger partial charge in [0.25, 0.3) is 0 Å². The minimum atomic E-state index is -0.155. The Labute approximate surface area is 156 Å². The number of hydrogen-bond donors (Lipinski definition) is 1. The molecule has 1 N–H and O–H groups in total. The van der Waals surface area contributed by atoms with Crippen LogP contribution >= 0.6 is 0 Å². The van der Waals surface area contributed by atoms with Gasteiger partial charge in [-0.2, -0.15) is 0 Å². The van der Waals surface area contributed by atoms with Crippen molar-refractivity contribution in [3.63, 3.8) is 0 Å². The lowest BCUT2D eigenvalue weighted by molar-refractivity contribution is -0.123. The lowest BCUT2D eigenvalue weighted by Gasteiger charge is -2.38. The molecule has 0 bridgehead atoms. The first-order valence-corrected chi connectivity index (χ1v) is 8.84. The van der Waals surface area contributed by atoms with Gasteiger partial charge in [0.05, 0.1) is 28.5 Å². The number of aliphatic imine (C=N–C) groups is 1. The molecule has 0 saturated carbocycles. The smallest absolute Gasteiger partial charge is 0.136 e. The summed E-state index contributed by atoms with van der Waals surface area (Å²) in [7, 11) is 1.98. The van der Waals surface area contributed by atoms with Gasteiger partial charge in [-0.1, -0.05) is 46.2 Å². The van der Waals surface area contributed by atoms with Crippen molar-refractivity contribution >= 4 is 24.1 Å². The minimum Gasteiger partial charge on any atom is -0.341 e. The number of carbonyl (C=O) groups excluding carboxylic acids is 1. The van der Waals surface area contributed by atoms with Gasteiger partial charge >= 0.3 is 0 Å². The lowest BCUT2D eigenvalue weighted by atomic mass is 9.89. The highest BCUT2D eigenvalue weighted by atomic mass is 16.1. The van der Waals surface area contributed by atoms with E-state index in [1.54, 1.807) is 12.2 Å². The molecular formula is C21H30N4O. The zero-order valence-electron chi connectivity index (χ0n) is 16.4. The number of aromatic amines is 1. The number of rotatable bonds is 5. The van der Waals surface area contributed by atoms with Crippen molar-refractivity contribution in [2.75, 3.05) is 7.05 Å². The number of hydrogen-bond acceptors (Lipinski definition) is 4. The molecule has 0 aromatic carbocycles. The number of piperidine rings is 1. The Morgan fingerprint density at radius 2 is 2.00 bits per heavy atom. The maximum absolute atomic E-state index is 12.3. The third kappa shape index (κ3) is 4.76. The van der Waals surface area contributed by atoms with E-state index in [1.165, 1.54) is 6.20 Å². The van der Waals surface area contributed by atoms with E-state index in [9.17, 15) is 4.79 Å². The molecule has 1 aromatic rings. The molecule has 2 heterocycles. The SMILES string of the molecule is C=C/C=c1/nc(C2CC(=O)CC(C(=NC=C)C(=C)C)N2C)[nH]c1=C.CC. The summed E-state index contributed by atoms with van der Waals surface area (Å²) in [5.74, 6) is 0.908. The van der Waals surface area contributed by atoms with E-state index < -0.39 is 0 Å². The van der Waals surface area contributed by atoms with E-state index in [0.29, 0.717) is 18.2 Å². The zero-order valence-corrected chi connectivity index (χ0v) is 16.4. The Morgan fingerprint density at radius 1 is 1.35 bits per heavy atom. The van der Waals surface area contributed by atoms with E-state index in [1.807, 2.05) is 27.8 Å². The van der Waals surface area contributed by atoms with Gasteiger partial charge in [-0.25, -0.2) is 4.98 Å². The van der Waals surface area contributed by atoms with Gasteiger partial charge in [0.15, 0.2) is 0 Å². The van der Waals surface area contributed by atoms with E-state index in [-0.39, 0.29) is 17.9 Å². The summed E-state index contributed by atoms with van der Waals surface area (Å²) < 4.78 is 0. The van der Waals surface area contributed by atoms with Gasteiger partial charge in [0.1, 0.15) is 11.6 Å². The minimum absolute atomic E-state index is 0.142. The summed E-state index contributed by atoms with van der Waals surface area (Å²) in [4.78, 5) is 26.6. The Kier molecular flexibility index (Phi) is 8.13. The molecule has 0 spiro atoms. The Balaban J connectivity index is 0.00000163. The van der Waals surface area contributed by atoms with Crippen molar-refractivity contribution in [2.24, 2.45) is 4.99 Å². The van der Waals surface area contributed by atoms with Gasteiger partial charge in [-0.3, -0.25) is 14.7 Å². The summed E-state index contributed by atoms with van der Waals surface area (Å²) >= 11 is 0. The number of H-pyrrole nitrogens is 1. The average Bonchev–Trinajstić information content (AvgIpc) is 2.97. The molecule has 0 radical (unpaired) electrons. The molecule has 1 aliphatic heterocycles. The first-order valence-electron chi connectivity index (χ1n) is 8.84. The first kappa shape index (κ1) is 21.5. The highest BCUT2D eigenvalue weighted by Crippen LogP contribution is 2.30. The van der Waals surface area contributed by atoms with Crippen LogP contribution in [0.5, 0.6) is 0 Å². The molecule has 2 rings (SSSR count). The lowest BCUT2D eigenvalue weighted by Crippen LogP contribution is -2.47. The quantitative estimate of drug-likeness (QED) is 0.827. The third-order valence-corrected chi connectivity index (χ3v) is 4.23. The molecule has 26 heavy (non-hydrogen) atoms. The summed E-state index contributed by atoms with van der Waals surface area (Å²) in [6.45, 7) is 21.2. The molecule has 1 fully saturated rings. The molecule has 2 atom stereocenters. The summed E-state index contributed by atoms with van der Waals surface area (Å²) in [5.41, 5.74) is 1.61. The molecule has 2 unspecified atom stereocenters. The Hall–Kier alpha value is -2.53. The molecule has 5 heteroatoms. The normalized spacial score (nSPS) is 21.8. The number of nitrogens with one attached hydrogen (secondary N) is 1. The van der Waals surface area contributed by atoms with Crippen molar-refractivity contribution in [3.8, 4) is 0 Å². The highest BCUT2D eigenvalue weighted by molar-refractivity contribution is 6.06. The second-order valence-electron chi connectivity index (χ2n) is 6.01. The second-order valence-corrected chi connectivity index (χ2v) is 6.01. The average molecular weight is 354 g/mol. The maximum Gasteiger partial charge on any atom is 0.136 e. The maximum atomic E-state index is 12.3. The first-order chi connectivity index (χ1) is 12.4. The fourth-order valence-electron chi connectivity index (χ4n) is 3.03. The Morgan fingerprint density at radius 3 is 2.54 bits per heavy atom. The van der Waals surface area contributed by atoms with Crippen LogP contribution in [0.1, 0.15) is 45.5 Å². The number of likely N-dealkylation sites (tertiary alicyclic amines) is 1. The summed E-state index contributed by atoms with van der Waals surface area (Å²) in [5, 5.41) is 1.45. The van der Waals surface area contributed by atoms with Crippen LogP contribution < -0.4 is 10.7 Å². The zero-order chi connectivity index (χ0) is 19.9. The molecule has 5 nitrogen and oxygen atoms in total. The van der Waals surface area contributed by atoms with Crippen LogP contribution in [0.2, 0.25) is 0 Å². The number of imidazole rings is 1. The number of allylic oxidation sites excluding steroid dienone is 1. The van der Waals surface area contributed by atoms with Crippen LogP contribution in [0.4, 0.5) is 0 Å². The predicted octanol–water partition coefficient (Wildman–Crippen LogP) is 2.68. The fourth-order valence-corrected chi connectivity index (χ4v) is 3.03. The van der Waals surface area contributed by atoms with Gasteiger partial charge in [-0.15, -0.1) is 0 Å². The third-order valence-electron chi connectivity index (χ3n) is 4.23. The van der Waals surface area contributed by atoms with E-state index >= 15 is 0 Å². The van der Waals surface area contributed by atoms with Gasteiger partial charge in [-0.05, 0) is 25.6 Å². The van der Waals surface area contributed by atoms with E-state index in [2.05, 4.69) is 46.2 Å². The fraction of sp³-hybridized carbons (Fsp3) is 0.381. The van der Waals surface area contributed by atoms with Crippen LogP contribution in [-0.4, -0.2) is 39.5 Å². The Bertz CT molecular complexity index is 816. The monoisotopic (exact) mass is 354 g/mol. The topological polar surface area (TPSA) is 61.4 Å². The molecule has 1 aromatic heterocycles. The van der Waals surface area contributed by atoms with E-state index in [4.69, 9.17) is 0 Å². The highest BCUT2D eigenvalue weighted by Gasteiger charge is 2.37. The number of carbonyl (C=O) groups is 1. The largest absolute Gasteiger partial charge is 0.341 e. The van der Waals surface area contributed by atoms with Crippen molar-refractivity contribution < 1.29 is 4.79 Å². The molecule has 1 aliphatic rings.